The van der Waals surface area contributed by atoms with E-state index in [1.807, 2.05) is 24.3 Å². The van der Waals surface area contributed by atoms with Crippen LogP contribution in [0.2, 0.25) is 0 Å². The van der Waals surface area contributed by atoms with Crippen molar-refractivity contribution in [1.29, 1.82) is 0 Å². The normalized spacial score (nSPS) is 11.4. The number of benzene rings is 2. The molecule has 0 aliphatic heterocycles. The summed E-state index contributed by atoms with van der Waals surface area (Å²) in [6.45, 7) is 0. The summed E-state index contributed by atoms with van der Waals surface area (Å²) >= 11 is 0. The molecule has 0 aliphatic rings. The molecule has 0 atom stereocenters. The molecule has 0 saturated heterocycles. The smallest absolute Gasteiger partial charge is 0.215 e. The van der Waals surface area contributed by atoms with Gasteiger partial charge in [0.25, 0.3) is 0 Å². The van der Waals surface area contributed by atoms with Crippen LogP contribution in [0.25, 0.3) is 28.1 Å². The standard InChI is InChI=1S/C16H13N3/c1-18-15(12-7-3-2-4-8-12)11-19-14-10-6-5-9-13(14)17-16(18)19/h2-11H,1H3. The number of hydrogen-bond acceptors (Lipinski definition) is 1. The maximum absolute atomic E-state index is 4.69. The van der Waals surface area contributed by atoms with Crippen LogP contribution < -0.4 is 0 Å². The molecule has 0 aliphatic carbocycles. The zero-order chi connectivity index (χ0) is 12.8. The van der Waals surface area contributed by atoms with Gasteiger partial charge in [-0.2, -0.15) is 0 Å². The Hall–Kier alpha value is -2.55. The van der Waals surface area contributed by atoms with Crippen molar-refractivity contribution in [3.05, 3.63) is 60.8 Å². The van der Waals surface area contributed by atoms with Gasteiger partial charge in [0.05, 0.1) is 16.7 Å². The Balaban J connectivity index is 2.07. The summed E-state index contributed by atoms with van der Waals surface area (Å²) in [6, 6.07) is 18.6. The summed E-state index contributed by atoms with van der Waals surface area (Å²) in [7, 11) is 2.06. The van der Waals surface area contributed by atoms with E-state index in [4.69, 9.17) is 0 Å². The molecule has 3 heteroatoms. The van der Waals surface area contributed by atoms with Crippen molar-refractivity contribution < 1.29 is 0 Å². The lowest BCUT2D eigenvalue weighted by Crippen LogP contribution is -1.91. The number of fused-ring (bicyclic) bond motifs is 3. The van der Waals surface area contributed by atoms with Crippen molar-refractivity contribution in [3.63, 3.8) is 0 Å². The van der Waals surface area contributed by atoms with Gasteiger partial charge in [0.1, 0.15) is 0 Å². The first kappa shape index (κ1) is 10.4. The Morgan fingerprint density at radius 2 is 1.63 bits per heavy atom. The first-order valence-corrected chi connectivity index (χ1v) is 6.32. The molecule has 92 valence electrons. The molecule has 19 heavy (non-hydrogen) atoms. The minimum Gasteiger partial charge on any atom is -0.313 e. The Morgan fingerprint density at radius 1 is 0.895 bits per heavy atom. The Bertz CT molecular complexity index is 869. The fourth-order valence-corrected chi connectivity index (χ4v) is 2.59. The lowest BCUT2D eigenvalue weighted by atomic mass is 10.2. The third-order valence-corrected chi connectivity index (χ3v) is 3.56. The number of imidazole rings is 2. The fraction of sp³-hybridized carbons (Fsp3) is 0.0625. The van der Waals surface area contributed by atoms with E-state index in [9.17, 15) is 0 Å². The van der Waals surface area contributed by atoms with E-state index in [1.54, 1.807) is 0 Å². The first-order chi connectivity index (χ1) is 9.34. The maximum atomic E-state index is 4.69. The highest BCUT2D eigenvalue weighted by atomic mass is 15.2. The number of aryl methyl sites for hydroxylation is 1. The van der Waals surface area contributed by atoms with Gasteiger partial charge < -0.3 is 4.57 Å². The molecule has 0 N–H and O–H groups in total. The van der Waals surface area contributed by atoms with Gasteiger partial charge in [-0.1, -0.05) is 42.5 Å². The van der Waals surface area contributed by atoms with E-state index in [-0.39, 0.29) is 0 Å². The molecule has 0 spiro atoms. The molecule has 0 radical (unpaired) electrons. The van der Waals surface area contributed by atoms with Gasteiger partial charge in [-0.25, -0.2) is 4.98 Å². The second-order valence-corrected chi connectivity index (χ2v) is 4.71. The quantitative estimate of drug-likeness (QED) is 0.504. The monoisotopic (exact) mass is 247 g/mol. The van der Waals surface area contributed by atoms with E-state index >= 15 is 0 Å². The molecule has 2 aromatic heterocycles. The van der Waals surface area contributed by atoms with Crippen molar-refractivity contribution in [3.8, 4) is 11.3 Å². The summed E-state index contributed by atoms with van der Waals surface area (Å²) in [6.07, 6.45) is 2.15. The van der Waals surface area contributed by atoms with Crippen molar-refractivity contribution in [2.24, 2.45) is 7.05 Å². The number of rotatable bonds is 1. The van der Waals surface area contributed by atoms with E-state index in [0.29, 0.717) is 0 Å². The van der Waals surface area contributed by atoms with Crippen LogP contribution in [0.5, 0.6) is 0 Å². The molecule has 4 aromatic rings. The van der Waals surface area contributed by atoms with E-state index < -0.39 is 0 Å². The second-order valence-electron chi connectivity index (χ2n) is 4.71. The Labute approximate surface area is 110 Å². The lowest BCUT2D eigenvalue weighted by Gasteiger charge is -2.01. The summed E-state index contributed by atoms with van der Waals surface area (Å²) in [5.41, 5.74) is 4.57. The average Bonchev–Trinajstić information content (AvgIpc) is 2.98. The summed E-state index contributed by atoms with van der Waals surface area (Å²) in [5.74, 6) is 0.972. The molecule has 0 fully saturated rings. The SMILES string of the molecule is Cn1c(-c2ccccc2)cn2c3ccccc3nc12. The van der Waals surface area contributed by atoms with E-state index in [1.165, 1.54) is 11.3 Å². The topological polar surface area (TPSA) is 22.2 Å². The zero-order valence-corrected chi connectivity index (χ0v) is 10.6. The zero-order valence-electron chi connectivity index (χ0n) is 10.6. The van der Waals surface area contributed by atoms with Crippen LogP contribution in [-0.4, -0.2) is 14.0 Å². The summed E-state index contributed by atoms with van der Waals surface area (Å²) in [4.78, 5) is 4.69. The highest BCUT2D eigenvalue weighted by Crippen LogP contribution is 2.25. The number of aromatic nitrogens is 3. The van der Waals surface area contributed by atoms with Gasteiger partial charge in [-0.15, -0.1) is 0 Å². The molecule has 0 amide bonds. The molecule has 0 unspecified atom stereocenters. The summed E-state index contributed by atoms with van der Waals surface area (Å²) < 4.78 is 4.28. The van der Waals surface area contributed by atoms with Gasteiger partial charge in [0, 0.05) is 13.2 Å². The number of para-hydroxylation sites is 2. The van der Waals surface area contributed by atoms with Crippen LogP contribution in [0.15, 0.2) is 60.8 Å². The van der Waals surface area contributed by atoms with Crippen LogP contribution in [0.4, 0.5) is 0 Å². The minimum atomic E-state index is 0.972. The largest absolute Gasteiger partial charge is 0.313 e. The first-order valence-electron chi connectivity index (χ1n) is 6.32. The van der Waals surface area contributed by atoms with Gasteiger partial charge in [-0.05, 0) is 17.7 Å². The molecular formula is C16H13N3. The highest BCUT2D eigenvalue weighted by Gasteiger charge is 2.12. The lowest BCUT2D eigenvalue weighted by molar-refractivity contribution is 0.948. The molecule has 4 rings (SSSR count). The predicted octanol–water partition coefficient (Wildman–Crippen LogP) is 3.49. The van der Waals surface area contributed by atoms with Crippen molar-refractivity contribution in [2.75, 3.05) is 0 Å². The fourth-order valence-electron chi connectivity index (χ4n) is 2.59. The average molecular weight is 247 g/mol. The van der Waals surface area contributed by atoms with Crippen molar-refractivity contribution >= 4 is 16.8 Å². The van der Waals surface area contributed by atoms with Gasteiger partial charge in [0.2, 0.25) is 5.78 Å². The van der Waals surface area contributed by atoms with Crippen LogP contribution >= 0.6 is 0 Å². The van der Waals surface area contributed by atoms with Crippen LogP contribution in [0.1, 0.15) is 0 Å². The Kier molecular flexibility index (Phi) is 2.03. The number of nitrogens with zero attached hydrogens (tertiary/aromatic N) is 3. The van der Waals surface area contributed by atoms with E-state index in [2.05, 4.69) is 57.5 Å². The second kappa shape index (κ2) is 3.72. The van der Waals surface area contributed by atoms with Crippen LogP contribution in [-0.2, 0) is 7.05 Å². The summed E-state index contributed by atoms with van der Waals surface area (Å²) in [5, 5.41) is 0. The predicted molar refractivity (Wildman–Crippen MR) is 77.1 cm³/mol. The third-order valence-electron chi connectivity index (χ3n) is 3.56. The Morgan fingerprint density at radius 3 is 2.47 bits per heavy atom. The van der Waals surface area contributed by atoms with Crippen molar-refractivity contribution in [2.45, 2.75) is 0 Å². The molecule has 2 heterocycles. The molecule has 3 nitrogen and oxygen atoms in total. The van der Waals surface area contributed by atoms with Crippen LogP contribution in [0.3, 0.4) is 0 Å². The highest BCUT2D eigenvalue weighted by molar-refractivity contribution is 5.81. The molecule has 2 aromatic carbocycles. The van der Waals surface area contributed by atoms with Crippen LogP contribution in [0, 0.1) is 0 Å². The maximum Gasteiger partial charge on any atom is 0.215 e. The molecule has 0 saturated carbocycles. The van der Waals surface area contributed by atoms with Gasteiger partial charge >= 0.3 is 0 Å². The molecule has 0 bridgehead atoms. The molecular weight excluding hydrogens is 234 g/mol. The van der Waals surface area contributed by atoms with E-state index in [0.717, 1.165) is 16.8 Å². The van der Waals surface area contributed by atoms with Gasteiger partial charge in [-0.3, -0.25) is 4.40 Å². The number of hydrogen-bond donors (Lipinski definition) is 0. The van der Waals surface area contributed by atoms with Crippen molar-refractivity contribution in [1.82, 2.24) is 14.0 Å². The third kappa shape index (κ3) is 1.41. The van der Waals surface area contributed by atoms with Gasteiger partial charge in [0.15, 0.2) is 0 Å². The minimum absolute atomic E-state index is 0.972.